The summed E-state index contributed by atoms with van der Waals surface area (Å²) >= 11 is 0. The van der Waals surface area contributed by atoms with E-state index in [9.17, 15) is 13.2 Å². The van der Waals surface area contributed by atoms with Crippen molar-refractivity contribution < 1.29 is 13.2 Å². The van der Waals surface area contributed by atoms with Gasteiger partial charge in [0, 0.05) is 16.9 Å². The summed E-state index contributed by atoms with van der Waals surface area (Å²) in [6.45, 7) is 4.11. The lowest BCUT2D eigenvalue weighted by Crippen LogP contribution is -2.23. The maximum Gasteiger partial charge on any atom is 0.261 e. The van der Waals surface area contributed by atoms with E-state index in [1.807, 2.05) is 44.2 Å². The van der Waals surface area contributed by atoms with E-state index in [4.69, 9.17) is 0 Å². The van der Waals surface area contributed by atoms with Crippen molar-refractivity contribution in [2.24, 2.45) is 0 Å². The number of benzene rings is 2. The topological polar surface area (TPSA) is 88.2 Å². The van der Waals surface area contributed by atoms with E-state index in [1.54, 1.807) is 12.1 Å². The van der Waals surface area contributed by atoms with Crippen molar-refractivity contribution in [3.63, 3.8) is 0 Å². The highest BCUT2D eigenvalue weighted by atomic mass is 32.2. The van der Waals surface area contributed by atoms with Gasteiger partial charge in [-0.25, -0.2) is 8.42 Å². The molecule has 6 nitrogen and oxygen atoms in total. The molecule has 0 saturated carbocycles. The van der Waals surface area contributed by atoms with Crippen molar-refractivity contribution in [3.8, 4) is 0 Å². The number of carbonyl (C=O) groups is 1. The molecule has 0 radical (unpaired) electrons. The minimum Gasteiger partial charge on any atom is -0.346 e. The van der Waals surface area contributed by atoms with Gasteiger partial charge in [-0.3, -0.25) is 14.5 Å². The first-order valence-corrected chi connectivity index (χ1v) is 10.2. The molecule has 1 aromatic heterocycles. The molecule has 0 aliphatic heterocycles. The quantitative estimate of drug-likeness (QED) is 0.669. The molecular weight excluding hydrogens is 374 g/mol. The Morgan fingerprint density at radius 3 is 2.25 bits per heavy atom. The van der Waals surface area contributed by atoms with Crippen LogP contribution in [0.2, 0.25) is 0 Å². The third-order valence-electron chi connectivity index (χ3n) is 4.11. The summed E-state index contributed by atoms with van der Waals surface area (Å²) in [4.78, 5) is 16.7. The lowest BCUT2D eigenvalue weighted by atomic mass is 10.2. The molecule has 144 valence electrons. The Morgan fingerprint density at radius 2 is 1.61 bits per heavy atom. The zero-order valence-corrected chi connectivity index (χ0v) is 16.5. The van der Waals surface area contributed by atoms with Crippen LogP contribution in [0.15, 0.2) is 71.6 Å². The monoisotopic (exact) mass is 395 g/mol. The molecule has 2 aromatic carbocycles. The highest BCUT2D eigenvalue weighted by Crippen LogP contribution is 2.17. The maximum absolute atomic E-state index is 12.5. The Labute approximate surface area is 164 Å². The first kappa shape index (κ1) is 19.6. The SMILES string of the molecule is Cc1ccc(NS(=O)(=O)c2ccc(C(=O)NCc3cccc(C)n3)cc2)cc1. The molecular formula is C21H21N3O3S. The second kappa shape index (κ2) is 8.22. The molecule has 2 N–H and O–H groups in total. The Morgan fingerprint density at radius 1 is 0.929 bits per heavy atom. The van der Waals surface area contributed by atoms with Crippen LogP contribution >= 0.6 is 0 Å². The predicted molar refractivity (Wildman–Crippen MR) is 109 cm³/mol. The minimum atomic E-state index is -3.72. The number of aryl methyl sites for hydroxylation is 2. The lowest BCUT2D eigenvalue weighted by Gasteiger charge is -2.09. The van der Waals surface area contributed by atoms with Crippen molar-refractivity contribution in [2.45, 2.75) is 25.3 Å². The maximum atomic E-state index is 12.5. The van der Waals surface area contributed by atoms with Crippen LogP contribution in [0.1, 0.15) is 27.3 Å². The zero-order chi connectivity index (χ0) is 20.1. The van der Waals surface area contributed by atoms with Gasteiger partial charge in [0.1, 0.15) is 0 Å². The summed E-state index contributed by atoms with van der Waals surface area (Å²) in [7, 11) is -3.72. The second-order valence-corrected chi connectivity index (χ2v) is 8.13. The Bertz CT molecular complexity index is 1080. The van der Waals surface area contributed by atoms with E-state index in [0.717, 1.165) is 17.0 Å². The van der Waals surface area contributed by atoms with Gasteiger partial charge in [-0.2, -0.15) is 0 Å². The van der Waals surface area contributed by atoms with Gasteiger partial charge in [0.2, 0.25) is 0 Å². The van der Waals surface area contributed by atoms with E-state index in [2.05, 4.69) is 15.0 Å². The van der Waals surface area contributed by atoms with Gasteiger partial charge >= 0.3 is 0 Å². The van der Waals surface area contributed by atoms with Gasteiger partial charge in [0.15, 0.2) is 0 Å². The molecule has 0 bridgehead atoms. The average Bonchev–Trinajstić information content (AvgIpc) is 2.68. The molecule has 0 aliphatic carbocycles. The molecule has 7 heteroatoms. The van der Waals surface area contributed by atoms with Gasteiger partial charge in [-0.15, -0.1) is 0 Å². The minimum absolute atomic E-state index is 0.0879. The summed E-state index contributed by atoms with van der Waals surface area (Å²) in [6, 6.07) is 18.5. The van der Waals surface area contributed by atoms with Crippen molar-refractivity contribution in [1.82, 2.24) is 10.3 Å². The summed E-state index contributed by atoms with van der Waals surface area (Å²) in [5.74, 6) is -0.293. The molecule has 0 aliphatic rings. The number of sulfonamides is 1. The fourth-order valence-electron chi connectivity index (χ4n) is 2.59. The van der Waals surface area contributed by atoms with Crippen LogP contribution in [-0.2, 0) is 16.6 Å². The van der Waals surface area contributed by atoms with E-state index in [-0.39, 0.29) is 10.8 Å². The fourth-order valence-corrected chi connectivity index (χ4v) is 3.65. The van der Waals surface area contributed by atoms with Gasteiger partial charge in [-0.05, 0) is 62.4 Å². The number of carbonyl (C=O) groups excluding carboxylic acids is 1. The summed E-state index contributed by atoms with van der Waals surface area (Å²) < 4.78 is 27.5. The third kappa shape index (κ3) is 4.95. The van der Waals surface area contributed by atoms with Gasteiger partial charge < -0.3 is 5.32 Å². The zero-order valence-electron chi connectivity index (χ0n) is 15.6. The summed E-state index contributed by atoms with van der Waals surface area (Å²) in [5.41, 5.74) is 3.54. The van der Waals surface area contributed by atoms with Crippen LogP contribution in [0.5, 0.6) is 0 Å². The molecule has 0 spiro atoms. The van der Waals surface area contributed by atoms with E-state index in [1.165, 1.54) is 24.3 Å². The summed E-state index contributed by atoms with van der Waals surface area (Å²) in [5, 5.41) is 2.78. The van der Waals surface area contributed by atoms with Crippen LogP contribution < -0.4 is 10.0 Å². The van der Waals surface area contributed by atoms with Gasteiger partial charge in [0.05, 0.1) is 17.1 Å². The molecule has 0 saturated heterocycles. The average molecular weight is 395 g/mol. The van der Waals surface area contributed by atoms with Crippen molar-refractivity contribution in [1.29, 1.82) is 0 Å². The summed E-state index contributed by atoms with van der Waals surface area (Å²) in [6.07, 6.45) is 0. The largest absolute Gasteiger partial charge is 0.346 e. The second-order valence-electron chi connectivity index (χ2n) is 6.45. The number of nitrogens with one attached hydrogen (secondary N) is 2. The molecule has 0 unspecified atom stereocenters. The van der Waals surface area contributed by atoms with Crippen LogP contribution in [0.3, 0.4) is 0 Å². The van der Waals surface area contributed by atoms with Crippen LogP contribution in [0.25, 0.3) is 0 Å². The van der Waals surface area contributed by atoms with Crippen LogP contribution in [0, 0.1) is 13.8 Å². The molecule has 1 heterocycles. The number of pyridine rings is 1. The highest BCUT2D eigenvalue weighted by Gasteiger charge is 2.15. The number of rotatable bonds is 6. The lowest BCUT2D eigenvalue weighted by molar-refractivity contribution is 0.0950. The molecule has 1 amide bonds. The molecule has 3 aromatic rings. The standard InChI is InChI=1S/C21H21N3O3S/c1-15-6-10-18(11-7-15)24-28(26,27)20-12-8-17(9-13-20)21(25)22-14-19-5-3-4-16(2)23-19/h3-13,24H,14H2,1-2H3,(H,22,25). The molecule has 28 heavy (non-hydrogen) atoms. The Kier molecular flexibility index (Phi) is 5.75. The van der Waals surface area contributed by atoms with Crippen molar-refractivity contribution >= 4 is 21.6 Å². The number of amides is 1. The number of anilines is 1. The smallest absolute Gasteiger partial charge is 0.261 e. The molecule has 0 atom stereocenters. The van der Waals surface area contributed by atoms with Gasteiger partial charge in [0.25, 0.3) is 15.9 Å². The van der Waals surface area contributed by atoms with Crippen LogP contribution in [-0.4, -0.2) is 19.3 Å². The Balaban J connectivity index is 1.66. The highest BCUT2D eigenvalue weighted by molar-refractivity contribution is 7.92. The first-order valence-electron chi connectivity index (χ1n) is 8.74. The number of hydrogen-bond donors (Lipinski definition) is 2. The first-order chi connectivity index (χ1) is 13.3. The van der Waals surface area contributed by atoms with E-state index >= 15 is 0 Å². The predicted octanol–water partition coefficient (Wildman–Crippen LogP) is 3.43. The molecule has 0 fully saturated rings. The van der Waals surface area contributed by atoms with Crippen molar-refractivity contribution in [3.05, 3.63) is 89.2 Å². The number of nitrogens with zero attached hydrogens (tertiary/aromatic N) is 1. The fraction of sp³-hybridized carbons (Fsp3) is 0.143. The number of hydrogen-bond acceptors (Lipinski definition) is 4. The Hall–Kier alpha value is -3.19. The van der Waals surface area contributed by atoms with Crippen molar-refractivity contribution in [2.75, 3.05) is 4.72 Å². The normalized spacial score (nSPS) is 11.1. The number of aromatic nitrogens is 1. The van der Waals surface area contributed by atoms with E-state index in [0.29, 0.717) is 17.8 Å². The van der Waals surface area contributed by atoms with E-state index < -0.39 is 10.0 Å². The van der Waals surface area contributed by atoms with Gasteiger partial charge in [-0.1, -0.05) is 23.8 Å². The third-order valence-corrected chi connectivity index (χ3v) is 5.50. The molecule has 3 rings (SSSR count). The van der Waals surface area contributed by atoms with Crippen LogP contribution in [0.4, 0.5) is 5.69 Å².